The van der Waals surface area contributed by atoms with Crippen LogP contribution in [0.5, 0.6) is 0 Å². The van der Waals surface area contributed by atoms with E-state index in [-0.39, 0.29) is 18.7 Å². The van der Waals surface area contributed by atoms with Crippen molar-refractivity contribution in [3.63, 3.8) is 0 Å². The van der Waals surface area contributed by atoms with Crippen molar-refractivity contribution in [3.8, 4) is 0 Å². The van der Waals surface area contributed by atoms with Gasteiger partial charge in [-0.15, -0.1) is 0 Å². The van der Waals surface area contributed by atoms with E-state index in [9.17, 15) is 19.2 Å². The Morgan fingerprint density at radius 1 is 1.05 bits per heavy atom. The molecule has 0 aliphatic heterocycles. The number of hydrogen-bond donors (Lipinski definition) is 3. The van der Waals surface area contributed by atoms with E-state index in [1.165, 1.54) is 12.1 Å². The van der Waals surface area contributed by atoms with E-state index in [1.54, 1.807) is 48.6 Å². The van der Waals surface area contributed by atoms with Crippen molar-refractivity contribution in [2.75, 3.05) is 36.5 Å². The van der Waals surface area contributed by atoms with Gasteiger partial charge in [-0.1, -0.05) is 24.3 Å². The predicted molar refractivity (Wildman–Crippen MR) is 144 cm³/mol. The lowest BCUT2D eigenvalue weighted by atomic mass is 10.1. The zero-order valence-corrected chi connectivity index (χ0v) is 20.7. The number of carbonyl (C=O) groups excluding carboxylic acids is 3. The Balaban J connectivity index is 1.60. The third kappa shape index (κ3) is 7.25. The number of rotatable bonds is 11. The highest BCUT2D eigenvalue weighted by Gasteiger charge is 2.15. The minimum Gasteiger partial charge on any atom is -0.422 e. The maximum atomic E-state index is 12.6. The molecular weight excluding hydrogens is 474 g/mol. The molecule has 37 heavy (non-hydrogen) atoms. The predicted octanol–water partition coefficient (Wildman–Crippen LogP) is 3.14. The van der Waals surface area contributed by atoms with E-state index in [0.29, 0.717) is 28.5 Å². The summed E-state index contributed by atoms with van der Waals surface area (Å²) in [4.78, 5) is 50.3. The van der Waals surface area contributed by atoms with Crippen molar-refractivity contribution in [3.05, 3.63) is 87.8 Å². The molecule has 3 rings (SSSR count). The number of nitrogens with one attached hydrogen (secondary N) is 2. The smallest absolute Gasteiger partial charge is 0.349 e. The van der Waals surface area contributed by atoms with Crippen LogP contribution in [0.4, 0.5) is 11.4 Å². The number of fused-ring (bicyclic) bond motifs is 1. The first-order valence-electron chi connectivity index (χ1n) is 11.8. The van der Waals surface area contributed by atoms with Crippen molar-refractivity contribution < 1.29 is 23.9 Å². The molecule has 1 heterocycles. The van der Waals surface area contributed by atoms with Gasteiger partial charge in [-0.2, -0.15) is 0 Å². The molecule has 2 amide bonds. The van der Waals surface area contributed by atoms with Gasteiger partial charge in [-0.05, 0) is 55.8 Å². The highest BCUT2D eigenvalue weighted by molar-refractivity contribution is 6.00. The van der Waals surface area contributed by atoms with Crippen LogP contribution in [0.15, 0.2) is 75.5 Å². The van der Waals surface area contributed by atoms with Crippen LogP contribution >= 0.6 is 0 Å². The molecule has 0 radical (unpaired) electrons. The lowest BCUT2D eigenvalue weighted by molar-refractivity contribution is -0.115. The average Bonchev–Trinajstić information content (AvgIpc) is 2.90. The Labute approximate surface area is 214 Å². The molecule has 0 fully saturated rings. The quantitative estimate of drug-likeness (QED) is 0.159. The molecule has 0 aliphatic carbocycles. The van der Waals surface area contributed by atoms with E-state index in [2.05, 4.69) is 15.5 Å². The summed E-state index contributed by atoms with van der Waals surface area (Å²) in [6, 6.07) is 13.7. The summed E-state index contributed by atoms with van der Waals surface area (Å²) in [5.74, 6) is -1.18. The van der Waals surface area contributed by atoms with E-state index >= 15 is 0 Å². The fourth-order valence-electron chi connectivity index (χ4n) is 3.64. The maximum absolute atomic E-state index is 12.6. The summed E-state index contributed by atoms with van der Waals surface area (Å²) < 4.78 is 5.38. The summed E-state index contributed by atoms with van der Waals surface area (Å²) >= 11 is 0. The topological polar surface area (TPSA) is 129 Å². The van der Waals surface area contributed by atoms with Gasteiger partial charge in [0.15, 0.2) is 0 Å². The van der Waals surface area contributed by atoms with Crippen molar-refractivity contribution in [2.24, 2.45) is 0 Å². The summed E-state index contributed by atoms with van der Waals surface area (Å²) in [5.41, 5.74) is 1.97. The highest BCUT2D eigenvalue weighted by atomic mass is 16.4. The number of aldehydes is 1. The molecule has 0 saturated heterocycles. The van der Waals surface area contributed by atoms with Gasteiger partial charge in [-0.3, -0.25) is 14.4 Å². The first-order chi connectivity index (χ1) is 17.9. The lowest BCUT2D eigenvalue weighted by Crippen LogP contribution is -2.35. The number of benzene rings is 2. The molecule has 3 N–H and O–H groups in total. The van der Waals surface area contributed by atoms with Gasteiger partial charge in [0, 0.05) is 41.5 Å². The zero-order valence-electron chi connectivity index (χ0n) is 20.7. The van der Waals surface area contributed by atoms with E-state index < -0.39 is 17.4 Å². The largest absolute Gasteiger partial charge is 0.422 e. The number of carbonyl (C=O) groups is 3. The molecule has 0 spiro atoms. The minimum absolute atomic E-state index is 0.183. The fourth-order valence-corrected chi connectivity index (χ4v) is 3.64. The Morgan fingerprint density at radius 2 is 1.78 bits per heavy atom. The van der Waals surface area contributed by atoms with Crippen LogP contribution in [0.2, 0.25) is 0 Å². The second kappa shape index (κ2) is 13.0. The van der Waals surface area contributed by atoms with E-state index in [4.69, 9.17) is 9.52 Å². The van der Waals surface area contributed by atoms with Crippen molar-refractivity contribution in [1.29, 1.82) is 0 Å². The van der Waals surface area contributed by atoms with Gasteiger partial charge < -0.3 is 25.1 Å². The standard InChI is InChI=1S/C28H29N3O6/c1-3-31(4-2)23-12-9-21-15-24(28(36)37-25(21)16-23)27(35)29-17-26(34)30-22-10-7-19(8-11-22)5-6-20(18-33)13-14-32/h5-13,15-16,18,32H,3-4,14,17H2,1-2H3,(H,29,35)(H,30,34)/b6-5+,20-13+. The zero-order chi connectivity index (χ0) is 26.8. The molecule has 9 nitrogen and oxygen atoms in total. The second-order valence-electron chi connectivity index (χ2n) is 8.03. The van der Waals surface area contributed by atoms with Crippen LogP contribution in [0.3, 0.4) is 0 Å². The Hall–Kier alpha value is -4.50. The molecule has 0 bridgehead atoms. The SMILES string of the molecule is CCN(CC)c1ccc2cc(C(=O)NCC(=O)Nc3ccc(/C=C/C(C=O)=C\CO)cc3)c(=O)oc2c1. The van der Waals surface area contributed by atoms with Crippen LogP contribution < -0.4 is 21.2 Å². The van der Waals surface area contributed by atoms with Gasteiger partial charge >= 0.3 is 5.63 Å². The molecule has 3 aromatic rings. The van der Waals surface area contributed by atoms with E-state index in [0.717, 1.165) is 24.3 Å². The minimum atomic E-state index is -0.780. The third-order valence-electron chi connectivity index (χ3n) is 5.63. The molecule has 1 aromatic heterocycles. The lowest BCUT2D eigenvalue weighted by Gasteiger charge is -2.21. The number of anilines is 2. The first kappa shape index (κ1) is 27.1. The molecule has 9 heteroatoms. The van der Waals surface area contributed by atoms with Crippen LogP contribution in [0.1, 0.15) is 29.8 Å². The molecule has 0 aliphatic rings. The number of aliphatic hydroxyl groups excluding tert-OH is 1. The van der Waals surface area contributed by atoms with Crippen LogP contribution in [0, 0.1) is 0 Å². The van der Waals surface area contributed by atoms with Gasteiger partial charge in [-0.25, -0.2) is 4.79 Å². The van der Waals surface area contributed by atoms with Gasteiger partial charge in [0.2, 0.25) is 5.91 Å². The number of allylic oxidation sites excluding steroid dienone is 2. The molecule has 0 saturated carbocycles. The Kier molecular flexibility index (Phi) is 9.51. The van der Waals surface area contributed by atoms with Gasteiger partial charge in [0.25, 0.3) is 5.91 Å². The Bertz CT molecular complexity index is 1390. The molecule has 0 atom stereocenters. The normalized spacial score (nSPS) is 11.5. The molecular formula is C28H29N3O6. The van der Waals surface area contributed by atoms with Gasteiger partial charge in [0.05, 0.1) is 13.2 Å². The van der Waals surface area contributed by atoms with Crippen LogP contribution in [-0.4, -0.2) is 49.4 Å². The van der Waals surface area contributed by atoms with Gasteiger partial charge in [0.1, 0.15) is 17.4 Å². The monoisotopic (exact) mass is 503 g/mol. The van der Waals surface area contributed by atoms with E-state index in [1.807, 2.05) is 19.9 Å². The maximum Gasteiger partial charge on any atom is 0.349 e. The van der Waals surface area contributed by atoms with Crippen molar-refractivity contribution in [2.45, 2.75) is 13.8 Å². The summed E-state index contributed by atoms with van der Waals surface area (Å²) in [6.07, 6.45) is 5.29. The highest BCUT2D eigenvalue weighted by Crippen LogP contribution is 2.22. The summed E-state index contributed by atoms with van der Waals surface area (Å²) in [5, 5.41) is 14.6. The summed E-state index contributed by atoms with van der Waals surface area (Å²) in [7, 11) is 0. The molecule has 2 aromatic carbocycles. The van der Waals surface area contributed by atoms with Crippen molar-refractivity contribution >= 4 is 46.5 Å². The third-order valence-corrected chi connectivity index (χ3v) is 5.63. The number of amides is 2. The number of aliphatic hydroxyl groups is 1. The number of nitrogens with zero attached hydrogens (tertiary/aromatic N) is 1. The average molecular weight is 504 g/mol. The summed E-state index contributed by atoms with van der Waals surface area (Å²) in [6.45, 7) is 5.11. The van der Waals surface area contributed by atoms with Crippen LogP contribution in [0.25, 0.3) is 17.0 Å². The van der Waals surface area contributed by atoms with Crippen molar-refractivity contribution in [1.82, 2.24) is 5.32 Å². The fraction of sp³-hybridized carbons (Fsp3) is 0.214. The first-order valence-corrected chi connectivity index (χ1v) is 11.8. The molecule has 192 valence electrons. The second-order valence-corrected chi connectivity index (χ2v) is 8.03. The van der Waals surface area contributed by atoms with Crippen LogP contribution in [-0.2, 0) is 9.59 Å². The number of hydrogen-bond acceptors (Lipinski definition) is 7. The Morgan fingerprint density at radius 3 is 2.43 bits per heavy atom. The molecule has 0 unspecified atom stereocenters.